The molecule has 3 fully saturated rings. The summed E-state index contributed by atoms with van der Waals surface area (Å²) in [6.07, 6.45) is 12.6. The summed E-state index contributed by atoms with van der Waals surface area (Å²) in [7, 11) is 0. The number of anilines is 2. The summed E-state index contributed by atoms with van der Waals surface area (Å²) in [5, 5.41) is 7.44. The first-order valence-electron chi connectivity index (χ1n) is 14.6. The normalized spacial score (nSPS) is 22.8. The third kappa shape index (κ3) is 5.22. The van der Waals surface area contributed by atoms with Crippen LogP contribution in [0.3, 0.4) is 0 Å². The van der Waals surface area contributed by atoms with E-state index >= 15 is 0 Å². The van der Waals surface area contributed by atoms with Gasteiger partial charge in [-0.05, 0) is 75.5 Å². The van der Waals surface area contributed by atoms with Crippen LogP contribution >= 0.6 is 0 Å². The van der Waals surface area contributed by atoms with E-state index in [0.717, 1.165) is 50.2 Å². The molecule has 3 aliphatic rings. The van der Waals surface area contributed by atoms with Crippen molar-refractivity contribution in [1.29, 1.82) is 0 Å². The molecule has 9 heteroatoms. The van der Waals surface area contributed by atoms with Gasteiger partial charge in [-0.2, -0.15) is 4.98 Å². The van der Waals surface area contributed by atoms with Crippen molar-refractivity contribution in [3.05, 3.63) is 51.6 Å². The number of ketones is 1. The fourth-order valence-corrected chi connectivity index (χ4v) is 6.97. The quantitative estimate of drug-likeness (QED) is 0.450. The van der Waals surface area contributed by atoms with E-state index in [1.165, 1.54) is 51.3 Å². The number of hydrogen-bond donors (Lipinski definition) is 2. The molecule has 1 saturated heterocycles. The first-order valence-corrected chi connectivity index (χ1v) is 14.6. The van der Waals surface area contributed by atoms with E-state index in [2.05, 4.69) is 31.6 Å². The van der Waals surface area contributed by atoms with E-state index in [1.807, 2.05) is 19.2 Å². The number of aromatic nitrogens is 4. The molecule has 9 nitrogen and oxygen atoms in total. The molecule has 3 aromatic heterocycles. The molecular formula is C30H39N7O2. The number of piperazine rings is 1. The molecule has 0 radical (unpaired) electrons. The predicted octanol–water partition coefficient (Wildman–Crippen LogP) is 4.49. The van der Waals surface area contributed by atoms with Crippen LogP contribution in [0.5, 0.6) is 0 Å². The molecule has 0 bridgehead atoms. The second-order valence-corrected chi connectivity index (χ2v) is 11.5. The zero-order valence-electron chi connectivity index (χ0n) is 23.1. The number of carbonyl (C=O) groups is 1. The molecule has 6 rings (SSSR count). The smallest absolute Gasteiger partial charge is 0.263 e. The summed E-state index contributed by atoms with van der Waals surface area (Å²) >= 11 is 0. The molecule has 0 unspecified atom stereocenters. The highest BCUT2D eigenvalue weighted by atomic mass is 16.1. The third-order valence-electron chi connectivity index (χ3n) is 9.11. The van der Waals surface area contributed by atoms with Crippen LogP contribution in [-0.4, -0.2) is 62.4 Å². The van der Waals surface area contributed by atoms with Crippen molar-refractivity contribution in [1.82, 2.24) is 29.7 Å². The molecule has 2 N–H and O–H groups in total. The molecule has 206 valence electrons. The van der Waals surface area contributed by atoms with Crippen molar-refractivity contribution in [2.24, 2.45) is 0 Å². The van der Waals surface area contributed by atoms with Crippen LogP contribution in [0, 0.1) is 6.92 Å². The number of aryl methyl sites for hydroxylation is 1. The number of Topliss-reactive ketones (excluding diaryl/α,β-unsaturated/α-hetero) is 1. The number of hydrogen-bond acceptors (Lipinski definition) is 8. The van der Waals surface area contributed by atoms with Gasteiger partial charge in [-0.15, -0.1) is 0 Å². The van der Waals surface area contributed by atoms with Crippen LogP contribution in [0.15, 0.2) is 29.3 Å². The lowest BCUT2D eigenvalue weighted by molar-refractivity contribution is 0.101. The predicted molar refractivity (Wildman–Crippen MR) is 153 cm³/mol. The van der Waals surface area contributed by atoms with E-state index < -0.39 is 0 Å². The number of nitrogens with zero attached hydrogens (tertiary/aromatic N) is 5. The average molecular weight is 530 g/mol. The first kappa shape index (κ1) is 26.1. The Kier molecular flexibility index (Phi) is 7.44. The van der Waals surface area contributed by atoms with E-state index in [0.29, 0.717) is 28.9 Å². The van der Waals surface area contributed by atoms with Gasteiger partial charge in [-0.25, -0.2) is 9.97 Å². The van der Waals surface area contributed by atoms with E-state index in [4.69, 9.17) is 4.98 Å². The van der Waals surface area contributed by atoms with Crippen molar-refractivity contribution in [2.75, 3.05) is 31.5 Å². The molecule has 1 aliphatic heterocycles. The Bertz CT molecular complexity index is 1400. The lowest BCUT2D eigenvalue weighted by Crippen LogP contribution is -2.49. The number of carbonyl (C=O) groups excluding carboxylic acids is 1. The lowest BCUT2D eigenvalue weighted by Gasteiger charge is -2.39. The molecule has 0 atom stereocenters. The molecule has 0 aromatic carbocycles. The van der Waals surface area contributed by atoms with Gasteiger partial charge in [-0.3, -0.25) is 19.1 Å². The van der Waals surface area contributed by atoms with Gasteiger partial charge in [0, 0.05) is 56.0 Å². The van der Waals surface area contributed by atoms with Gasteiger partial charge in [0.2, 0.25) is 5.95 Å². The van der Waals surface area contributed by atoms with Crippen LogP contribution in [0.4, 0.5) is 11.8 Å². The van der Waals surface area contributed by atoms with Crippen molar-refractivity contribution in [3.8, 4) is 0 Å². The van der Waals surface area contributed by atoms with Crippen molar-refractivity contribution in [3.63, 3.8) is 0 Å². The maximum atomic E-state index is 13.4. The van der Waals surface area contributed by atoms with Gasteiger partial charge in [-0.1, -0.05) is 18.9 Å². The highest BCUT2D eigenvalue weighted by Crippen LogP contribution is 2.35. The highest BCUT2D eigenvalue weighted by molar-refractivity contribution is 5.99. The number of fused-ring (bicyclic) bond motifs is 1. The maximum Gasteiger partial charge on any atom is 0.263 e. The Labute approximate surface area is 229 Å². The lowest BCUT2D eigenvalue weighted by atomic mass is 9.81. The third-order valence-corrected chi connectivity index (χ3v) is 9.11. The molecular weight excluding hydrogens is 490 g/mol. The first-order chi connectivity index (χ1) is 19.0. The topological polar surface area (TPSA) is 105 Å². The van der Waals surface area contributed by atoms with Gasteiger partial charge < -0.3 is 10.6 Å². The summed E-state index contributed by atoms with van der Waals surface area (Å²) in [5.74, 6) is 1.43. The Morgan fingerprint density at radius 1 is 0.974 bits per heavy atom. The summed E-state index contributed by atoms with van der Waals surface area (Å²) in [6, 6.07) is 4.95. The minimum atomic E-state index is -0.238. The molecule has 39 heavy (non-hydrogen) atoms. The molecule has 2 saturated carbocycles. The SMILES string of the molecule is CC(=O)c1c(C)c2cnc(Nc3ccc(C4CCC(N5CCNCC5)CC4)cn3)nc2n(C2CCCC2)c1=O. The number of rotatable bonds is 6. The Hall–Kier alpha value is -3.17. The summed E-state index contributed by atoms with van der Waals surface area (Å²) in [4.78, 5) is 42.5. The monoisotopic (exact) mass is 529 g/mol. The van der Waals surface area contributed by atoms with E-state index in [1.54, 1.807) is 10.8 Å². The Morgan fingerprint density at radius 2 is 1.72 bits per heavy atom. The van der Waals surface area contributed by atoms with Gasteiger partial charge in [0.1, 0.15) is 11.5 Å². The maximum absolute atomic E-state index is 13.4. The van der Waals surface area contributed by atoms with Crippen molar-refractivity contribution >= 4 is 28.6 Å². The molecule has 0 amide bonds. The van der Waals surface area contributed by atoms with E-state index in [-0.39, 0.29) is 22.9 Å². The summed E-state index contributed by atoms with van der Waals surface area (Å²) in [5.41, 5.74) is 2.54. The van der Waals surface area contributed by atoms with E-state index in [9.17, 15) is 9.59 Å². The van der Waals surface area contributed by atoms with Crippen LogP contribution in [-0.2, 0) is 0 Å². The number of nitrogens with one attached hydrogen (secondary N) is 2. The summed E-state index contributed by atoms with van der Waals surface area (Å²) < 4.78 is 1.74. The second kappa shape index (κ2) is 11.1. The van der Waals surface area contributed by atoms with Gasteiger partial charge in [0.15, 0.2) is 5.78 Å². The molecule has 0 spiro atoms. The van der Waals surface area contributed by atoms with Gasteiger partial charge in [0.05, 0.1) is 5.56 Å². The molecule has 4 heterocycles. The Balaban J connectivity index is 1.20. The van der Waals surface area contributed by atoms with Crippen LogP contribution in [0.2, 0.25) is 0 Å². The number of pyridine rings is 2. The van der Waals surface area contributed by atoms with Crippen LogP contribution in [0.1, 0.15) is 91.7 Å². The van der Waals surface area contributed by atoms with Crippen molar-refractivity contribution < 1.29 is 4.79 Å². The highest BCUT2D eigenvalue weighted by Gasteiger charge is 2.28. The van der Waals surface area contributed by atoms with Gasteiger partial charge in [0.25, 0.3) is 5.56 Å². The zero-order chi connectivity index (χ0) is 26.9. The Morgan fingerprint density at radius 3 is 2.38 bits per heavy atom. The molecule has 3 aromatic rings. The van der Waals surface area contributed by atoms with Gasteiger partial charge >= 0.3 is 0 Å². The standard InChI is InChI=1S/C30H39N7O2/c1-19-25-18-33-30(35-28(25)37(24-5-3-4-6-24)29(39)27(19)20(2)38)34-26-12-9-22(17-32-26)21-7-10-23(11-8-21)36-15-13-31-14-16-36/h9,12,17-18,21,23-24,31H,3-8,10-11,13-16H2,1-2H3,(H,32,33,34,35). The minimum absolute atomic E-state index is 0.0560. The second-order valence-electron chi connectivity index (χ2n) is 11.5. The molecule has 2 aliphatic carbocycles. The largest absolute Gasteiger partial charge is 0.314 e. The van der Waals surface area contributed by atoms with Crippen LogP contribution < -0.4 is 16.2 Å². The average Bonchev–Trinajstić information content (AvgIpc) is 3.48. The summed E-state index contributed by atoms with van der Waals surface area (Å²) in [6.45, 7) is 7.82. The zero-order valence-corrected chi connectivity index (χ0v) is 23.1. The fourth-order valence-electron chi connectivity index (χ4n) is 6.97. The minimum Gasteiger partial charge on any atom is -0.314 e. The van der Waals surface area contributed by atoms with Crippen molar-refractivity contribution in [2.45, 2.75) is 83.2 Å². The van der Waals surface area contributed by atoms with Crippen LogP contribution in [0.25, 0.3) is 11.0 Å². The fraction of sp³-hybridized carbons (Fsp3) is 0.567.